The molecule has 0 aromatic heterocycles. The van der Waals surface area contributed by atoms with Crippen LogP contribution in [0.15, 0.2) is 16.9 Å². The van der Waals surface area contributed by atoms with E-state index in [1.54, 1.807) is 6.08 Å². The summed E-state index contributed by atoms with van der Waals surface area (Å²) in [5, 5.41) is 12.9. The van der Waals surface area contributed by atoms with E-state index < -0.39 is 0 Å². The molecule has 2 N–H and O–H groups in total. The van der Waals surface area contributed by atoms with E-state index in [0.29, 0.717) is 12.3 Å². The van der Waals surface area contributed by atoms with Crippen molar-refractivity contribution in [2.24, 2.45) is 5.10 Å². The molecule has 0 aromatic carbocycles. The van der Waals surface area contributed by atoms with Crippen LogP contribution in [0.5, 0.6) is 0 Å². The van der Waals surface area contributed by atoms with Crippen LogP contribution in [-0.2, 0) is 0 Å². The molecule has 0 amide bonds. The fourth-order valence-corrected chi connectivity index (χ4v) is 0.679. The van der Waals surface area contributed by atoms with Crippen LogP contribution in [-0.4, -0.2) is 17.4 Å². The molecule has 0 radical (unpaired) electrons. The molecule has 0 atom stereocenters. The summed E-state index contributed by atoms with van der Waals surface area (Å²) in [5.74, 6) is 0.363. The highest BCUT2D eigenvalue weighted by atomic mass is 16.3. The SMILES string of the molecule is CCC1=NNCC(O)=C1. The van der Waals surface area contributed by atoms with Crippen molar-refractivity contribution < 1.29 is 5.11 Å². The van der Waals surface area contributed by atoms with Crippen molar-refractivity contribution in [3.8, 4) is 0 Å². The van der Waals surface area contributed by atoms with Crippen LogP contribution in [0.25, 0.3) is 0 Å². The highest BCUT2D eigenvalue weighted by Crippen LogP contribution is 1.97. The Hall–Kier alpha value is -0.990. The first-order chi connectivity index (χ1) is 4.33. The maximum Gasteiger partial charge on any atom is 0.115 e. The van der Waals surface area contributed by atoms with Crippen LogP contribution < -0.4 is 5.43 Å². The topological polar surface area (TPSA) is 44.6 Å². The molecule has 3 heteroatoms. The summed E-state index contributed by atoms with van der Waals surface area (Å²) >= 11 is 0. The smallest absolute Gasteiger partial charge is 0.115 e. The predicted octanol–water partition coefficient (Wildman–Crippen LogP) is 0.797. The van der Waals surface area contributed by atoms with Gasteiger partial charge in [0.15, 0.2) is 0 Å². The van der Waals surface area contributed by atoms with Crippen molar-refractivity contribution >= 4 is 5.71 Å². The minimum atomic E-state index is 0.363. The normalized spacial score (nSPS) is 17.9. The van der Waals surface area contributed by atoms with Crippen molar-refractivity contribution in [3.05, 3.63) is 11.8 Å². The molecular weight excluding hydrogens is 116 g/mol. The maximum absolute atomic E-state index is 8.93. The van der Waals surface area contributed by atoms with Gasteiger partial charge in [0.1, 0.15) is 5.76 Å². The lowest BCUT2D eigenvalue weighted by Crippen LogP contribution is -2.18. The standard InChI is InChI=1S/C6H10N2O/c1-2-5-3-6(9)4-7-8-5/h3,7,9H,2,4H2,1H3. The Bertz CT molecular complexity index is 160. The molecule has 0 fully saturated rings. The van der Waals surface area contributed by atoms with Gasteiger partial charge in [0.05, 0.1) is 12.3 Å². The van der Waals surface area contributed by atoms with Gasteiger partial charge in [-0.1, -0.05) is 6.92 Å². The minimum Gasteiger partial charge on any atom is -0.510 e. The van der Waals surface area contributed by atoms with E-state index in [1.165, 1.54) is 0 Å². The molecule has 0 bridgehead atoms. The average molecular weight is 126 g/mol. The van der Waals surface area contributed by atoms with Gasteiger partial charge in [-0.3, -0.25) is 0 Å². The number of rotatable bonds is 1. The lowest BCUT2D eigenvalue weighted by atomic mass is 10.2. The van der Waals surface area contributed by atoms with Crippen molar-refractivity contribution in [3.63, 3.8) is 0 Å². The highest BCUT2D eigenvalue weighted by Gasteiger charge is 2.00. The summed E-state index contributed by atoms with van der Waals surface area (Å²) in [6, 6.07) is 0. The van der Waals surface area contributed by atoms with Crippen LogP contribution in [0.1, 0.15) is 13.3 Å². The number of allylic oxidation sites excluding steroid dienone is 1. The van der Waals surface area contributed by atoms with E-state index in [9.17, 15) is 0 Å². The molecule has 50 valence electrons. The minimum absolute atomic E-state index is 0.363. The maximum atomic E-state index is 8.93. The Morgan fingerprint density at radius 3 is 3.11 bits per heavy atom. The molecule has 9 heavy (non-hydrogen) atoms. The van der Waals surface area contributed by atoms with Gasteiger partial charge in [-0.15, -0.1) is 0 Å². The third kappa shape index (κ3) is 1.45. The van der Waals surface area contributed by atoms with Crippen LogP contribution in [0.4, 0.5) is 0 Å². The largest absolute Gasteiger partial charge is 0.510 e. The zero-order valence-corrected chi connectivity index (χ0v) is 5.39. The number of aliphatic hydroxyl groups excluding tert-OH is 1. The zero-order valence-electron chi connectivity index (χ0n) is 5.39. The Labute approximate surface area is 54.1 Å². The zero-order chi connectivity index (χ0) is 6.69. The molecular formula is C6H10N2O. The van der Waals surface area contributed by atoms with Gasteiger partial charge >= 0.3 is 0 Å². The first-order valence-electron chi connectivity index (χ1n) is 3.02. The highest BCUT2D eigenvalue weighted by molar-refractivity contribution is 5.95. The Balaban J connectivity index is 2.63. The quantitative estimate of drug-likeness (QED) is 0.545. The second-order valence-corrected chi connectivity index (χ2v) is 1.93. The van der Waals surface area contributed by atoms with E-state index in [1.807, 2.05) is 6.92 Å². The van der Waals surface area contributed by atoms with E-state index in [4.69, 9.17) is 5.11 Å². The van der Waals surface area contributed by atoms with Gasteiger partial charge < -0.3 is 10.5 Å². The molecule has 0 spiro atoms. The van der Waals surface area contributed by atoms with Crippen LogP contribution >= 0.6 is 0 Å². The molecule has 1 aliphatic rings. The number of hydrogen-bond acceptors (Lipinski definition) is 3. The van der Waals surface area contributed by atoms with Gasteiger partial charge in [-0.2, -0.15) is 5.10 Å². The van der Waals surface area contributed by atoms with Crippen LogP contribution in [0.2, 0.25) is 0 Å². The molecule has 0 aliphatic carbocycles. The van der Waals surface area contributed by atoms with E-state index in [0.717, 1.165) is 12.1 Å². The van der Waals surface area contributed by atoms with Gasteiger partial charge in [-0.25, -0.2) is 0 Å². The monoisotopic (exact) mass is 126 g/mol. The third-order valence-electron chi connectivity index (χ3n) is 1.18. The van der Waals surface area contributed by atoms with E-state index in [-0.39, 0.29) is 0 Å². The van der Waals surface area contributed by atoms with Crippen molar-refractivity contribution in [1.29, 1.82) is 0 Å². The van der Waals surface area contributed by atoms with E-state index >= 15 is 0 Å². The van der Waals surface area contributed by atoms with E-state index in [2.05, 4.69) is 10.5 Å². The summed E-state index contributed by atoms with van der Waals surface area (Å²) < 4.78 is 0. The second kappa shape index (κ2) is 2.53. The second-order valence-electron chi connectivity index (χ2n) is 1.93. The Morgan fingerprint density at radius 2 is 2.67 bits per heavy atom. The third-order valence-corrected chi connectivity index (χ3v) is 1.18. The van der Waals surface area contributed by atoms with Crippen molar-refractivity contribution in [2.45, 2.75) is 13.3 Å². The first kappa shape index (κ1) is 6.13. The Kier molecular flexibility index (Phi) is 1.72. The van der Waals surface area contributed by atoms with Gasteiger partial charge in [0, 0.05) is 6.08 Å². The first-order valence-corrected chi connectivity index (χ1v) is 3.02. The van der Waals surface area contributed by atoms with Crippen LogP contribution in [0, 0.1) is 0 Å². The summed E-state index contributed by atoms with van der Waals surface area (Å²) in [7, 11) is 0. The molecule has 1 aliphatic heterocycles. The number of aliphatic hydroxyl groups is 1. The predicted molar refractivity (Wildman–Crippen MR) is 36.4 cm³/mol. The van der Waals surface area contributed by atoms with Gasteiger partial charge in [0.25, 0.3) is 0 Å². The van der Waals surface area contributed by atoms with Crippen LogP contribution in [0.3, 0.4) is 0 Å². The molecule has 0 aromatic rings. The van der Waals surface area contributed by atoms with Gasteiger partial charge in [-0.05, 0) is 6.42 Å². The number of nitrogens with zero attached hydrogens (tertiary/aromatic N) is 1. The number of hydrogen-bond donors (Lipinski definition) is 2. The number of nitrogens with one attached hydrogen (secondary N) is 1. The van der Waals surface area contributed by atoms with Gasteiger partial charge in [0.2, 0.25) is 0 Å². The fraction of sp³-hybridized carbons (Fsp3) is 0.500. The average Bonchev–Trinajstić information content (AvgIpc) is 1.88. The fourth-order valence-electron chi connectivity index (χ4n) is 0.679. The van der Waals surface area contributed by atoms with Crippen molar-refractivity contribution in [2.75, 3.05) is 6.54 Å². The molecule has 3 nitrogen and oxygen atoms in total. The summed E-state index contributed by atoms with van der Waals surface area (Å²) in [6.07, 6.45) is 2.55. The molecule has 0 saturated heterocycles. The number of hydrazone groups is 1. The molecule has 1 rings (SSSR count). The summed E-state index contributed by atoms with van der Waals surface area (Å²) in [4.78, 5) is 0. The summed E-state index contributed by atoms with van der Waals surface area (Å²) in [5.41, 5.74) is 3.61. The molecule has 1 heterocycles. The molecule has 0 saturated carbocycles. The lowest BCUT2D eigenvalue weighted by molar-refractivity contribution is 0.388. The molecule has 0 unspecified atom stereocenters. The lowest BCUT2D eigenvalue weighted by Gasteiger charge is -2.07. The Morgan fingerprint density at radius 1 is 1.89 bits per heavy atom. The summed E-state index contributed by atoms with van der Waals surface area (Å²) in [6.45, 7) is 2.46. The van der Waals surface area contributed by atoms with Crippen molar-refractivity contribution in [1.82, 2.24) is 5.43 Å².